The predicted octanol–water partition coefficient (Wildman–Crippen LogP) is 3.08. The van der Waals surface area contributed by atoms with Gasteiger partial charge < -0.3 is 11.1 Å². The molecule has 0 fully saturated rings. The second-order valence-electron chi connectivity index (χ2n) is 5.52. The number of carbonyl (C=O) groups excluding carboxylic acids is 2. The van der Waals surface area contributed by atoms with E-state index in [9.17, 15) is 9.59 Å². The van der Waals surface area contributed by atoms with Gasteiger partial charge in [0.15, 0.2) is 5.13 Å². The summed E-state index contributed by atoms with van der Waals surface area (Å²) in [5.41, 5.74) is 7.43. The highest BCUT2D eigenvalue weighted by atomic mass is 32.1. The molecule has 0 atom stereocenters. The van der Waals surface area contributed by atoms with Gasteiger partial charge in [-0.25, -0.2) is 4.98 Å². The molecule has 2 amide bonds. The predicted molar refractivity (Wildman–Crippen MR) is 102 cm³/mol. The Kier molecular flexibility index (Phi) is 5.70. The van der Waals surface area contributed by atoms with E-state index < -0.39 is 5.91 Å². The van der Waals surface area contributed by atoms with Crippen LogP contribution in [0, 0.1) is 6.42 Å². The molecule has 0 aliphatic rings. The Hall–Kier alpha value is -3.06. The lowest BCUT2D eigenvalue weighted by Crippen LogP contribution is -2.14. The lowest BCUT2D eigenvalue weighted by molar-refractivity contribution is -0.113. The number of anilines is 1. The molecule has 0 saturated carbocycles. The van der Waals surface area contributed by atoms with E-state index in [1.165, 1.54) is 16.9 Å². The summed E-state index contributed by atoms with van der Waals surface area (Å²) >= 11 is 1.20. The summed E-state index contributed by atoms with van der Waals surface area (Å²) in [5.74, 6) is -0.905. The van der Waals surface area contributed by atoms with Crippen molar-refractivity contribution in [3.63, 3.8) is 0 Å². The van der Waals surface area contributed by atoms with Gasteiger partial charge in [0.1, 0.15) is 5.69 Å². The smallest absolute Gasteiger partial charge is 0.268 e. The van der Waals surface area contributed by atoms with Crippen molar-refractivity contribution >= 4 is 28.3 Å². The molecule has 0 aliphatic carbocycles. The zero-order valence-corrected chi connectivity index (χ0v) is 14.7. The zero-order chi connectivity index (χ0) is 18.4. The number of pyridine rings is 1. The van der Waals surface area contributed by atoms with Crippen LogP contribution in [0.3, 0.4) is 0 Å². The van der Waals surface area contributed by atoms with Crippen LogP contribution in [0.5, 0.6) is 0 Å². The van der Waals surface area contributed by atoms with E-state index in [1.807, 2.05) is 36.4 Å². The first-order chi connectivity index (χ1) is 12.6. The topological polar surface area (TPSA) is 98.0 Å². The molecule has 0 saturated heterocycles. The lowest BCUT2D eigenvalue weighted by Gasteiger charge is -2.02. The van der Waals surface area contributed by atoms with E-state index in [4.69, 9.17) is 5.73 Å². The second kappa shape index (κ2) is 8.35. The van der Waals surface area contributed by atoms with E-state index in [0.717, 1.165) is 12.0 Å². The third kappa shape index (κ3) is 4.52. The normalized spacial score (nSPS) is 10.5. The maximum atomic E-state index is 12.1. The fourth-order valence-electron chi connectivity index (χ4n) is 2.40. The summed E-state index contributed by atoms with van der Waals surface area (Å²) in [4.78, 5) is 32.5. The second-order valence-corrected chi connectivity index (χ2v) is 6.52. The van der Waals surface area contributed by atoms with E-state index >= 15 is 0 Å². The van der Waals surface area contributed by atoms with Gasteiger partial charge in [-0.05, 0) is 24.5 Å². The number of rotatable bonds is 7. The van der Waals surface area contributed by atoms with Crippen molar-refractivity contribution in [2.24, 2.45) is 5.73 Å². The van der Waals surface area contributed by atoms with Crippen LogP contribution < -0.4 is 11.1 Å². The molecule has 0 unspecified atom stereocenters. The van der Waals surface area contributed by atoms with Gasteiger partial charge in [-0.2, -0.15) is 0 Å². The van der Waals surface area contributed by atoms with E-state index in [-0.39, 0.29) is 11.6 Å². The Balaban J connectivity index is 1.64. The van der Waals surface area contributed by atoms with Crippen LogP contribution >= 0.6 is 11.3 Å². The number of nitrogens with zero attached hydrogens (tertiary/aromatic N) is 2. The first-order valence-electron chi connectivity index (χ1n) is 8.02. The van der Waals surface area contributed by atoms with Gasteiger partial charge in [0.25, 0.3) is 5.91 Å². The van der Waals surface area contributed by atoms with E-state index in [1.54, 1.807) is 24.9 Å². The third-order valence-electron chi connectivity index (χ3n) is 3.62. The molecule has 0 bridgehead atoms. The van der Waals surface area contributed by atoms with Crippen LogP contribution in [0.25, 0.3) is 10.4 Å². The highest BCUT2D eigenvalue weighted by Crippen LogP contribution is 2.32. The van der Waals surface area contributed by atoms with Crippen molar-refractivity contribution in [3.8, 4) is 10.4 Å². The molecule has 26 heavy (non-hydrogen) atoms. The van der Waals surface area contributed by atoms with Gasteiger partial charge in [0.05, 0.1) is 11.3 Å². The molecule has 3 N–H and O–H groups in total. The molecule has 131 valence electrons. The molecule has 0 aliphatic heterocycles. The van der Waals surface area contributed by atoms with Crippen LogP contribution in [0.15, 0.2) is 54.9 Å². The summed E-state index contributed by atoms with van der Waals surface area (Å²) in [5, 5.41) is 3.03. The van der Waals surface area contributed by atoms with Crippen LogP contribution in [-0.4, -0.2) is 21.8 Å². The number of carbonyl (C=O) groups is 2. The van der Waals surface area contributed by atoms with Crippen LogP contribution in [0.1, 0.15) is 22.5 Å². The van der Waals surface area contributed by atoms with Gasteiger partial charge >= 0.3 is 0 Å². The largest absolute Gasteiger partial charge is 0.364 e. The molecule has 3 aromatic rings. The lowest BCUT2D eigenvalue weighted by atomic mass is 10.1. The van der Waals surface area contributed by atoms with Crippen LogP contribution in [0.2, 0.25) is 0 Å². The summed E-state index contributed by atoms with van der Waals surface area (Å²) in [6.07, 6.45) is 6.22. The number of aryl methyl sites for hydroxylation is 1. The standard InChI is InChI=1S/C19H17N4O2S/c20-18(25)16-17(14-9-5-11-21-12-14)26-19(23-16)22-15(24)10-4-8-13-6-2-1-3-7-13/h1-3,5-7,9-12H,4,8H2,(H2,20,25)(H,22,23,24). The fourth-order valence-corrected chi connectivity index (χ4v) is 3.37. The molecule has 3 rings (SSSR count). The number of nitrogens with two attached hydrogens (primary N) is 1. The van der Waals surface area contributed by atoms with Gasteiger partial charge in [-0.1, -0.05) is 47.7 Å². The highest BCUT2D eigenvalue weighted by molar-refractivity contribution is 7.19. The average Bonchev–Trinajstić information content (AvgIpc) is 3.07. The molecule has 1 radical (unpaired) electrons. The van der Waals surface area contributed by atoms with Crippen molar-refractivity contribution < 1.29 is 9.59 Å². The number of hydrogen-bond donors (Lipinski definition) is 2. The van der Waals surface area contributed by atoms with E-state index in [2.05, 4.69) is 15.3 Å². The Morgan fingerprint density at radius 1 is 1.15 bits per heavy atom. The maximum Gasteiger partial charge on any atom is 0.268 e. The summed E-state index contributed by atoms with van der Waals surface area (Å²) in [7, 11) is 0. The Bertz CT molecular complexity index is 894. The van der Waals surface area contributed by atoms with Crippen molar-refractivity contribution in [3.05, 3.63) is 72.5 Å². The number of thiazole rings is 1. The quantitative estimate of drug-likeness (QED) is 0.672. The molecule has 7 heteroatoms. The number of primary amides is 1. The molecule has 6 nitrogen and oxygen atoms in total. The number of nitrogens with one attached hydrogen (secondary N) is 1. The minimum absolute atomic E-state index is 0.127. The molecule has 0 spiro atoms. The van der Waals surface area contributed by atoms with Crippen molar-refractivity contribution in [1.82, 2.24) is 9.97 Å². The number of benzene rings is 1. The fraction of sp³-hybridized carbons (Fsp3) is 0.105. The summed E-state index contributed by atoms with van der Waals surface area (Å²) < 4.78 is 0. The highest BCUT2D eigenvalue weighted by Gasteiger charge is 2.18. The molecular weight excluding hydrogens is 348 g/mol. The molecule has 2 heterocycles. The molecule has 2 aromatic heterocycles. The van der Waals surface area contributed by atoms with Crippen LogP contribution in [-0.2, 0) is 11.2 Å². The summed E-state index contributed by atoms with van der Waals surface area (Å²) in [6.45, 7) is 0. The van der Waals surface area contributed by atoms with Gasteiger partial charge in [-0.15, -0.1) is 0 Å². The van der Waals surface area contributed by atoms with E-state index in [0.29, 0.717) is 16.4 Å². The first-order valence-corrected chi connectivity index (χ1v) is 8.84. The molecular formula is C19H17N4O2S. The number of aromatic nitrogens is 2. The number of amides is 2. The minimum atomic E-state index is -0.645. The van der Waals surface area contributed by atoms with Crippen LogP contribution in [0.4, 0.5) is 5.13 Å². The Morgan fingerprint density at radius 2 is 1.96 bits per heavy atom. The van der Waals surface area contributed by atoms with Gasteiger partial charge in [0, 0.05) is 18.0 Å². The van der Waals surface area contributed by atoms with Gasteiger partial charge in [0.2, 0.25) is 5.91 Å². The van der Waals surface area contributed by atoms with Gasteiger partial charge in [-0.3, -0.25) is 14.6 Å². The maximum absolute atomic E-state index is 12.1. The third-order valence-corrected chi connectivity index (χ3v) is 4.64. The SMILES string of the molecule is NC(=O)c1nc(NC(=O)[CH]CCc2ccccc2)sc1-c1cccnc1. The first kappa shape index (κ1) is 17.8. The summed E-state index contributed by atoms with van der Waals surface area (Å²) in [6, 6.07) is 13.5. The monoisotopic (exact) mass is 365 g/mol. The van der Waals surface area contributed by atoms with Crippen molar-refractivity contribution in [2.75, 3.05) is 5.32 Å². The van der Waals surface area contributed by atoms with Crippen molar-refractivity contribution in [2.45, 2.75) is 12.8 Å². The average molecular weight is 365 g/mol. The minimum Gasteiger partial charge on any atom is -0.364 e. The van der Waals surface area contributed by atoms with Crippen molar-refractivity contribution in [1.29, 1.82) is 0 Å². The zero-order valence-electron chi connectivity index (χ0n) is 13.9. The molecule has 1 aromatic carbocycles. The Morgan fingerprint density at radius 3 is 2.65 bits per heavy atom. The number of hydrogen-bond acceptors (Lipinski definition) is 5. The Labute approximate surface area is 155 Å².